The maximum absolute atomic E-state index is 11.7. The molecule has 0 saturated carbocycles. The lowest BCUT2D eigenvalue weighted by Crippen LogP contribution is -2.11. The second kappa shape index (κ2) is 7.65. The normalized spacial score (nSPS) is 10.2. The molecule has 2 aromatic rings. The van der Waals surface area contributed by atoms with Gasteiger partial charge in [-0.25, -0.2) is 4.98 Å². The molecule has 1 aromatic heterocycles. The number of benzene rings is 1. The molecule has 20 heavy (non-hydrogen) atoms. The number of thiazole rings is 1. The molecule has 1 N–H and O–H groups in total. The van der Waals surface area contributed by atoms with Crippen LogP contribution in [0.5, 0.6) is 5.75 Å². The Labute approximate surface area is 122 Å². The van der Waals surface area contributed by atoms with E-state index >= 15 is 0 Å². The number of aromatic nitrogens is 1. The molecule has 0 radical (unpaired) electrons. The number of nitrogens with zero attached hydrogens (tertiary/aromatic N) is 1. The summed E-state index contributed by atoms with van der Waals surface area (Å²) in [6, 6.07) is 9.70. The Bertz CT molecular complexity index is 540. The third-order valence-corrected chi connectivity index (χ3v) is 3.51. The standard InChI is InChI=1S/C15H18N2O2S/c1-12-11-16-15(20-12)17-14(18)9-5-6-10-19-13-7-3-2-4-8-13/h2-4,7-8,11H,5-6,9-10H2,1H3,(H,16,17,18). The Hall–Kier alpha value is -1.88. The predicted molar refractivity (Wildman–Crippen MR) is 81.3 cm³/mol. The van der Waals surface area contributed by atoms with Gasteiger partial charge in [-0.3, -0.25) is 4.79 Å². The number of carbonyl (C=O) groups excluding carboxylic acids is 1. The van der Waals surface area contributed by atoms with Gasteiger partial charge < -0.3 is 10.1 Å². The number of ether oxygens (including phenoxy) is 1. The topological polar surface area (TPSA) is 51.2 Å². The van der Waals surface area contributed by atoms with E-state index in [1.807, 2.05) is 37.3 Å². The van der Waals surface area contributed by atoms with E-state index in [9.17, 15) is 4.79 Å². The number of hydrogen-bond donors (Lipinski definition) is 1. The van der Waals surface area contributed by atoms with E-state index in [2.05, 4.69) is 10.3 Å². The van der Waals surface area contributed by atoms with Gasteiger partial charge in [0.2, 0.25) is 5.91 Å². The minimum atomic E-state index is 0.0130. The zero-order chi connectivity index (χ0) is 14.2. The molecule has 0 saturated heterocycles. The molecule has 0 aliphatic heterocycles. The van der Waals surface area contributed by atoms with Crippen molar-refractivity contribution in [3.8, 4) is 5.75 Å². The van der Waals surface area contributed by atoms with Gasteiger partial charge in [0.05, 0.1) is 6.61 Å². The van der Waals surface area contributed by atoms with E-state index in [4.69, 9.17) is 4.74 Å². The van der Waals surface area contributed by atoms with Gasteiger partial charge in [-0.1, -0.05) is 18.2 Å². The first-order valence-electron chi connectivity index (χ1n) is 6.64. The highest BCUT2D eigenvalue weighted by molar-refractivity contribution is 7.15. The monoisotopic (exact) mass is 290 g/mol. The Morgan fingerprint density at radius 2 is 2.10 bits per heavy atom. The molecule has 4 nitrogen and oxygen atoms in total. The van der Waals surface area contributed by atoms with Gasteiger partial charge in [0.1, 0.15) is 5.75 Å². The van der Waals surface area contributed by atoms with Crippen LogP contribution >= 0.6 is 11.3 Å². The van der Waals surface area contributed by atoms with Crippen molar-refractivity contribution in [2.75, 3.05) is 11.9 Å². The van der Waals surface area contributed by atoms with Crippen molar-refractivity contribution in [3.05, 3.63) is 41.4 Å². The summed E-state index contributed by atoms with van der Waals surface area (Å²) >= 11 is 1.49. The van der Waals surface area contributed by atoms with Crippen LogP contribution in [0.2, 0.25) is 0 Å². The van der Waals surface area contributed by atoms with Crippen molar-refractivity contribution >= 4 is 22.4 Å². The van der Waals surface area contributed by atoms with Crippen LogP contribution in [0.3, 0.4) is 0 Å². The first-order valence-corrected chi connectivity index (χ1v) is 7.46. The molecule has 0 atom stereocenters. The van der Waals surface area contributed by atoms with Crippen molar-refractivity contribution < 1.29 is 9.53 Å². The molecule has 2 rings (SSSR count). The van der Waals surface area contributed by atoms with Gasteiger partial charge in [-0.05, 0) is 31.9 Å². The lowest BCUT2D eigenvalue weighted by molar-refractivity contribution is -0.116. The average Bonchev–Trinajstić information content (AvgIpc) is 2.85. The smallest absolute Gasteiger partial charge is 0.226 e. The Kier molecular flexibility index (Phi) is 5.55. The fourth-order valence-electron chi connectivity index (χ4n) is 1.69. The third-order valence-electron chi connectivity index (χ3n) is 2.68. The second-order valence-corrected chi connectivity index (χ2v) is 5.68. The Balaban J connectivity index is 1.58. The highest BCUT2D eigenvalue weighted by Crippen LogP contribution is 2.17. The summed E-state index contributed by atoms with van der Waals surface area (Å²) in [7, 11) is 0. The van der Waals surface area contributed by atoms with E-state index in [1.165, 1.54) is 11.3 Å². The van der Waals surface area contributed by atoms with Gasteiger partial charge in [0, 0.05) is 17.5 Å². The quantitative estimate of drug-likeness (QED) is 0.792. The fourth-order valence-corrected chi connectivity index (χ4v) is 2.37. The molecule has 106 valence electrons. The summed E-state index contributed by atoms with van der Waals surface area (Å²) in [4.78, 5) is 16.9. The van der Waals surface area contributed by atoms with E-state index < -0.39 is 0 Å². The molecule has 0 spiro atoms. The lowest BCUT2D eigenvalue weighted by atomic mass is 10.2. The summed E-state index contributed by atoms with van der Waals surface area (Å²) in [6.07, 6.45) is 3.92. The van der Waals surface area contributed by atoms with Crippen LogP contribution in [-0.4, -0.2) is 17.5 Å². The highest BCUT2D eigenvalue weighted by Gasteiger charge is 2.05. The fraction of sp³-hybridized carbons (Fsp3) is 0.333. The predicted octanol–water partition coefficient (Wildman–Crippen LogP) is 3.64. The summed E-state index contributed by atoms with van der Waals surface area (Å²) in [5, 5.41) is 3.47. The Morgan fingerprint density at radius 3 is 2.80 bits per heavy atom. The minimum Gasteiger partial charge on any atom is -0.494 e. The maximum Gasteiger partial charge on any atom is 0.226 e. The van der Waals surface area contributed by atoms with Gasteiger partial charge in [0.15, 0.2) is 5.13 Å². The first kappa shape index (κ1) is 14.5. The number of nitrogens with one attached hydrogen (secondary N) is 1. The number of amides is 1. The van der Waals surface area contributed by atoms with Gasteiger partial charge in [-0.15, -0.1) is 11.3 Å². The Morgan fingerprint density at radius 1 is 1.30 bits per heavy atom. The lowest BCUT2D eigenvalue weighted by Gasteiger charge is -2.05. The van der Waals surface area contributed by atoms with E-state index in [0.717, 1.165) is 23.5 Å². The van der Waals surface area contributed by atoms with Crippen molar-refractivity contribution in [3.63, 3.8) is 0 Å². The van der Waals surface area contributed by atoms with E-state index in [0.29, 0.717) is 18.2 Å². The number of carbonyl (C=O) groups is 1. The van der Waals surface area contributed by atoms with Crippen LogP contribution in [0.1, 0.15) is 24.1 Å². The third kappa shape index (κ3) is 5.01. The number of aryl methyl sites for hydroxylation is 1. The van der Waals surface area contributed by atoms with Crippen LogP contribution < -0.4 is 10.1 Å². The summed E-state index contributed by atoms with van der Waals surface area (Å²) in [5.41, 5.74) is 0. The van der Waals surface area contributed by atoms with Gasteiger partial charge in [0.25, 0.3) is 0 Å². The molecule has 0 fully saturated rings. The molecule has 0 aliphatic carbocycles. The molecule has 1 aromatic carbocycles. The molecular weight excluding hydrogens is 272 g/mol. The van der Waals surface area contributed by atoms with Crippen molar-refractivity contribution in [1.29, 1.82) is 0 Å². The zero-order valence-corrected chi connectivity index (χ0v) is 12.3. The number of rotatable bonds is 7. The van der Waals surface area contributed by atoms with Gasteiger partial charge in [-0.2, -0.15) is 0 Å². The number of anilines is 1. The van der Waals surface area contributed by atoms with Crippen LogP contribution in [-0.2, 0) is 4.79 Å². The van der Waals surface area contributed by atoms with E-state index in [-0.39, 0.29) is 5.91 Å². The molecular formula is C15H18N2O2S. The zero-order valence-electron chi connectivity index (χ0n) is 11.5. The van der Waals surface area contributed by atoms with Crippen molar-refractivity contribution in [1.82, 2.24) is 4.98 Å². The molecule has 5 heteroatoms. The van der Waals surface area contributed by atoms with Crippen LogP contribution in [0.4, 0.5) is 5.13 Å². The van der Waals surface area contributed by atoms with Crippen LogP contribution in [0, 0.1) is 6.92 Å². The average molecular weight is 290 g/mol. The molecule has 1 heterocycles. The molecule has 0 bridgehead atoms. The van der Waals surface area contributed by atoms with Gasteiger partial charge >= 0.3 is 0 Å². The number of hydrogen-bond acceptors (Lipinski definition) is 4. The SMILES string of the molecule is Cc1cnc(NC(=O)CCCCOc2ccccc2)s1. The number of para-hydroxylation sites is 1. The summed E-state index contributed by atoms with van der Waals surface area (Å²) in [6.45, 7) is 2.60. The number of unbranched alkanes of at least 4 members (excludes halogenated alkanes) is 1. The molecule has 1 amide bonds. The van der Waals surface area contributed by atoms with Crippen LogP contribution in [0.25, 0.3) is 0 Å². The molecule has 0 aliphatic rings. The largest absolute Gasteiger partial charge is 0.494 e. The molecule has 0 unspecified atom stereocenters. The van der Waals surface area contributed by atoms with Crippen LogP contribution in [0.15, 0.2) is 36.5 Å². The first-order chi connectivity index (χ1) is 9.74. The maximum atomic E-state index is 11.7. The minimum absolute atomic E-state index is 0.0130. The van der Waals surface area contributed by atoms with Crippen molar-refractivity contribution in [2.45, 2.75) is 26.2 Å². The summed E-state index contributed by atoms with van der Waals surface area (Å²) < 4.78 is 5.57. The second-order valence-electron chi connectivity index (χ2n) is 4.44. The highest BCUT2D eigenvalue weighted by atomic mass is 32.1. The summed E-state index contributed by atoms with van der Waals surface area (Å²) in [5.74, 6) is 0.884. The van der Waals surface area contributed by atoms with Crippen molar-refractivity contribution in [2.24, 2.45) is 0 Å². The van der Waals surface area contributed by atoms with E-state index in [1.54, 1.807) is 6.20 Å².